The number of aromatic nitrogens is 2. The van der Waals surface area contributed by atoms with Crippen molar-refractivity contribution >= 4 is 51.6 Å². The Labute approximate surface area is 221 Å². The largest absolute Gasteiger partial charge is 0.492 e. The third kappa shape index (κ3) is 4.86. The topological polar surface area (TPSA) is 99.5 Å². The molecule has 37 heavy (non-hydrogen) atoms. The van der Waals surface area contributed by atoms with Crippen molar-refractivity contribution in [3.63, 3.8) is 0 Å². The Morgan fingerprint density at radius 3 is 2.73 bits per heavy atom. The maximum Gasteiger partial charge on any atom is 0.350 e. The molecule has 0 spiro atoms. The van der Waals surface area contributed by atoms with Crippen molar-refractivity contribution in [1.82, 2.24) is 9.55 Å². The van der Waals surface area contributed by atoms with Crippen molar-refractivity contribution in [2.75, 3.05) is 24.8 Å². The van der Waals surface area contributed by atoms with E-state index in [1.165, 1.54) is 23.0 Å². The Morgan fingerprint density at radius 1 is 1.14 bits per heavy atom. The van der Waals surface area contributed by atoms with Gasteiger partial charge in [0.15, 0.2) is 5.16 Å². The Hall–Kier alpha value is -3.63. The standard InChI is InChI=1S/C27H25N3O5S2/c1-3-35-20-13-7-6-12-19(20)30-25(32)16-9-4-5-11-18(16)28-27(30)36-15-22(31)29-23-17-10-8-14-21(17)37-24(23)26(33)34-2/h4-7,9,11-13H,3,8,10,14-15H2,1-2H3,(H,29,31). The van der Waals surface area contributed by atoms with Crippen molar-refractivity contribution in [3.05, 3.63) is 74.2 Å². The number of anilines is 1. The van der Waals surface area contributed by atoms with Crippen LogP contribution in [0.15, 0.2) is 58.5 Å². The van der Waals surface area contributed by atoms with Gasteiger partial charge in [0.25, 0.3) is 5.56 Å². The van der Waals surface area contributed by atoms with Gasteiger partial charge in [0.2, 0.25) is 5.91 Å². The van der Waals surface area contributed by atoms with Gasteiger partial charge >= 0.3 is 5.97 Å². The third-order valence-electron chi connectivity index (χ3n) is 6.04. The first kappa shape index (κ1) is 25.0. The van der Waals surface area contributed by atoms with Gasteiger partial charge in [-0.05, 0) is 56.0 Å². The summed E-state index contributed by atoms with van der Waals surface area (Å²) in [5.41, 5.74) is 2.41. The first-order valence-electron chi connectivity index (χ1n) is 11.9. The van der Waals surface area contributed by atoms with Crippen LogP contribution in [0.2, 0.25) is 0 Å². The van der Waals surface area contributed by atoms with Gasteiger partial charge in [0.05, 0.1) is 41.7 Å². The lowest BCUT2D eigenvalue weighted by Crippen LogP contribution is -2.23. The van der Waals surface area contributed by atoms with Gasteiger partial charge < -0.3 is 14.8 Å². The van der Waals surface area contributed by atoms with E-state index >= 15 is 0 Å². The number of aryl methyl sites for hydroxylation is 1. The molecule has 2 heterocycles. The molecule has 8 nitrogen and oxygen atoms in total. The van der Waals surface area contributed by atoms with Crippen LogP contribution in [0.25, 0.3) is 16.6 Å². The minimum absolute atomic E-state index is 0.00713. The van der Waals surface area contributed by atoms with Crippen molar-refractivity contribution < 1.29 is 19.1 Å². The predicted molar refractivity (Wildman–Crippen MR) is 146 cm³/mol. The van der Waals surface area contributed by atoms with Gasteiger partial charge in [-0.1, -0.05) is 36.0 Å². The Morgan fingerprint density at radius 2 is 1.92 bits per heavy atom. The molecule has 0 atom stereocenters. The number of rotatable bonds is 8. The molecule has 1 amide bonds. The summed E-state index contributed by atoms with van der Waals surface area (Å²) < 4.78 is 12.2. The summed E-state index contributed by atoms with van der Waals surface area (Å²) in [6, 6.07) is 14.4. The van der Waals surface area contributed by atoms with Crippen LogP contribution in [-0.2, 0) is 22.4 Å². The number of carbonyl (C=O) groups excluding carboxylic acids is 2. The molecular weight excluding hydrogens is 510 g/mol. The van der Waals surface area contributed by atoms with E-state index in [9.17, 15) is 14.4 Å². The lowest BCUT2D eigenvalue weighted by Gasteiger charge is -2.16. The van der Waals surface area contributed by atoms with Crippen LogP contribution in [0.3, 0.4) is 0 Å². The monoisotopic (exact) mass is 535 g/mol. The zero-order valence-corrected chi connectivity index (χ0v) is 22.0. The van der Waals surface area contributed by atoms with E-state index in [1.54, 1.807) is 30.3 Å². The second-order valence-corrected chi connectivity index (χ2v) is 10.4. The molecule has 0 bridgehead atoms. The lowest BCUT2D eigenvalue weighted by atomic mass is 10.2. The van der Waals surface area contributed by atoms with Crippen LogP contribution < -0.4 is 15.6 Å². The predicted octanol–water partition coefficient (Wildman–Crippen LogP) is 4.85. The van der Waals surface area contributed by atoms with E-state index in [0.29, 0.717) is 44.7 Å². The fourth-order valence-corrected chi connectivity index (χ4v) is 6.49. The second kappa shape index (κ2) is 10.8. The average molecular weight is 536 g/mol. The molecule has 0 aliphatic heterocycles. The number of hydrogen-bond donors (Lipinski definition) is 1. The Kier molecular flexibility index (Phi) is 7.29. The molecule has 5 rings (SSSR count). The van der Waals surface area contributed by atoms with Crippen LogP contribution in [0.1, 0.15) is 33.5 Å². The highest BCUT2D eigenvalue weighted by Gasteiger charge is 2.27. The molecule has 0 unspecified atom stereocenters. The fraction of sp³-hybridized carbons (Fsp3) is 0.259. The third-order valence-corrected chi connectivity index (χ3v) is 8.25. The number of hydrogen-bond acceptors (Lipinski definition) is 8. The molecule has 2 aromatic heterocycles. The smallest absolute Gasteiger partial charge is 0.350 e. The molecule has 1 N–H and O–H groups in total. The molecule has 0 saturated heterocycles. The number of thiophene rings is 1. The number of thioether (sulfide) groups is 1. The zero-order chi connectivity index (χ0) is 25.9. The summed E-state index contributed by atoms with van der Waals surface area (Å²) in [5, 5.41) is 3.77. The first-order chi connectivity index (χ1) is 18.0. The summed E-state index contributed by atoms with van der Waals surface area (Å²) in [5.74, 6) is -0.214. The van der Waals surface area contributed by atoms with Crippen LogP contribution in [0, 0.1) is 0 Å². The Balaban J connectivity index is 1.48. The number of nitrogens with one attached hydrogen (secondary N) is 1. The molecular formula is C27H25N3O5S2. The van der Waals surface area contributed by atoms with Crippen LogP contribution in [0.4, 0.5) is 5.69 Å². The summed E-state index contributed by atoms with van der Waals surface area (Å²) in [4.78, 5) is 45.2. The van der Waals surface area contributed by atoms with Crippen LogP contribution >= 0.6 is 23.1 Å². The molecule has 0 fully saturated rings. The van der Waals surface area contributed by atoms with Gasteiger partial charge in [-0.25, -0.2) is 9.78 Å². The molecule has 2 aromatic carbocycles. The number of esters is 1. The van der Waals surface area contributed by atoms with E-state index in [2.05, 4.69) is 5.32 Å². The van der Waals surface area contributed by atoms with Crippen LogP contribution in [0.5, 0.6) is 5.75 Å². The number of para-hydroxylation sites is 3. The number of carbonyl (C=O) groups is 2. The quantitative estimate of drug-likeness (QED) is 0.196. The molecule has 0 saturated carbocycles. The van der Waals surface area contributed by atoms with E-state index in [0.717, 1.165) is 41.5 Å². The minimum atomic E-state index is -0.458. The van der Waals surface area contributed by atoms with Crippen molar-refractivity contribution in [1.29, 1.82) is 0 Å². The fourth-order valence-electron chi connectivity index (χ4n) is 4.42. The Bertz CT molecular complexity index is 1560. The molecule has 190 valence electrons. The minimum Gasteiger partial charge on any atom is -0.492 e. The highest BCUT2D eigenvalue weighted by atomic mass is 32.2. The number of amides is 1. The summed E-state index contributed by atoms with van der Waals surface area (Å²) in [6.07, 6.45) is 2.69. The SMILES string of the molecule is CCOc1ccccc1-n1c(SCC(=O)Nc2c(C(=O)OC)sc3c2CCC3)nc2ccccc2c1=O. The lowest BCUT2D eigenvalue weighted by molar-refractivity contribution is -0.113. The molecule has 1 aliphatic rings. The van der Waals surface area contributed by atoms with Gasteiger partial charge in [0, 0.05) is 4.88 Å². The van der Waals surface area contributed by atoms with E-state index < -0.39 is 5.97 Å². The molecule has 10 heteroatoms. The number of nitrogens with zero attached hydrogens (tertiary/aromatic N) is 2. The molecule has 1 aliphatic carbocycles. The maximum absolute atomic E-state index is 13.6. The molecule has 0 radical (unpaired) electrons. The second-order valence-electron chi connectivity index (χ2n) is 8.34. The van der Waals surface area contributed by atoms with Gasteiger partial charge in [0.1, 0.15) is 10.6 Å². The highest BCUT2D eigenvalue weighted by molar-refractivity contribution is 7.99. The van der Waals surface area contributed by atoms with Gasteiger partial charge in [-0.3, -0.25) is 14.2 Å². The summed E-state index contributed by atoms with van der Waals surface area (Å²) in [7, 11) is 1.33. The van der Waals surface area contributed by atoms with E-state index in [4.69, 9.17) is 14.5 Å². The number of ether oxygens (including phenoxy) is 2. The van der Waals surface area contributed by atoms with Crippen LogP contribution in [-0.4, -0.2) is 40.9 Å². The summed E-state index contributed by atoms with van der Waals surface area (Å²) >= 11 is 2.53. The molecule has 4 aromatic rings. The van der Waals surface area contributed by atoms with E-state index in [-0.39, 0.29) is 17.2 Å². The zero-order valence-electron chi connectivity index (χ0n) is 20.4. The number of benzene rings is 2. The summed E-state index contributed by atoms with van der Waals surface area (Å²) in [6.45, 7) is 2.31. The highest BCUT2D eigenvalue weighted by Crippen LogP contribution is 2.40. The normalized spacial score (nSPS) is 12.4. The average Bonchev–Trinajstić information content (AvgIpc) is 3.50. The maximum atomic E-state index is 13.6. The number of fused-ring (bicyclic) bond motifs is 2. The van der Waals surface area contributed by atoms with Crippen molar-refractivity contribution in [2.45, 2.75) is 31.3 Å². The van der Waals surface area contributed by atoms with Crippen molar-refractivity contribution in [2.24, 2.45) is 0 Å². The van der Waals surface area contributed by atoms with E-state index in [1.807, 2.05) is 25.1 Å². The van der Waals surface area contributed by atoms with Crippen molar-refractivity contribution in [3.8, 4) is 11.4 Å². The van der Waals surface area contributed by atoms with Gasteiger partial charge in [-0.15, -0.1) is 11.3 Å². The van der Waals surface area contributed by atoms with Gasteiger partial charge in [-0.2, -0.15) is 0 Å². The first-order valence-corrected chi connectivity index (χ1v) is 13.7. The number of methoxy groups -OCH3 is 1.